The molecule has 0 bridgehead atoms. The third kappa shape index (κ3) is 5.46. The Morgan fingerprint density at radius 3 is 2.46 bits per heavy atom. The van der Waals surface area contributed by atoms with Gasteiger partial charge in [-0.1, -0.05) is 12.1 Å². The van der Waals surface area contributed by atoms with Crippen LogP contribution in [-0.4, -0.2) is 65.7 Å². The summed E-state index contributed by atoms with van der Waals surface area (Å²) < 4.78 is 38.2. The number of hydrogen-bond donors (Lipinski definition) is 2. The first kappa shape index (κ1) is 22.2. The Morgan fingerprint density at radius 2 is 1.86 bits per heavy atom. The quantitative estimate of drug-likeness (QED) is 0.784. The number of nitrogens with one attached hydrogen (secondary N) is 2. The summed E-state index contributed by atoms with van der Waals surface area (Å²) in [5.74, 6) is 0.0681. The van der Waals surface area contributed by atoms with Gasteiger partial charge in [0.05, 0.1) is 24.0 Å². The number of hydrogen-bond acceptors (Lipinski definition) is 4. The largest absolute Gasteiger partial charge is 0.416 e. The lowest BCUT2D eigenvalue weighted by atomic mass is 10.1. The van der Waals surface area contributed by atoms with E-state index in [1.807, 2.05) is 16.8 Å². The Kier molecular flexibility index (Phi) is 7.45. The van der Waals surface area contributed by atoms with Crippen molar-refractivity contribution in [2.75, 3.05) is 39.8 Å². The maximum absolute atomic E-state index is 12.7. The average molecular weight is 418 g/mol. The highest BCUT2D eigenvalue weighted by Gasteiger charge is 2.30. The number of nitrogens with zero attached hydrogens (tertiary/aromatic N) is 3. The van der Waals surface area contributed by atoms with Gasteiger partial charge in [0.2, 0.25) is 5.91 Å². The van der Waals surface area contributed by atoms with Gasteiger partial charge in [0.25, 0.3) is 0 Å². The van der Waals surface area contributed by atoms with Crippen LogP contribution in [-0.2, 0) is 17.5 Å². The van der Waals surface area contributed by atoms with Gasteiger partial charge >= 0.3 is 6.18 Å². The van der Waals surface area contributed by atoms with Crippen molar-refractivity contribution in [2.45, 2.75) is 12.7 Å². The summed E-state index contributed by atoms with van der Waals surface area (Å²) >= 11 is 0. The van der Waals surface area contributed by atoms with E-state index in [1.54, 1.807) is 6.20 Å². The van der Waals surface area contributed by atoms with Crippen molar-refractivity contribution in [1.29, 1.82) is 0 Å². The van der Waals surface area contributed by atoms with E-state index in [-0.39, 0.29) is 24.9 Å². The smallest absolute Gasteiger partial charge is 0.339 e. The molecule has 0 atom stereocenters. The van der Waals surface area contributed by atoms with E-state index in [2.05, 4.69) is 15.5 Å². The molecule has 0 spiro atoms. The van der Waals surface area contributed by atoms with Crippen LogP contribution in [0.25, 0.3) is 11.3 Å². The van der Waals surface area contributed by atoms with Crippen LogP contribution >= 0.6 is 12.4 Å². The van der Waals surface area contributed by atoms with Gasteiger partial charge in [-0.2, -0.15) is 18.3 Å². The molecule has 3 rings (SSSR count). The maximum Gasteiger partial charge on any atom is 0.416 e. The molecule has 1 fully saturated rings. The number of piperazine rings is 1. The minimum Gasteiger partial charge on any atom is -0.339 e. The van der Waals surface area contributed by atoms with Crippen molar-refractivity contribution in [3.8, 4) is 11.3 Å². The second kappa shape index (κ2) is 9.40. The summed E-state index contributed by atoms with van der Waals surface area (Å²) in [5.41, 5.74) is 1.42. The van der Waals surface area contributed by atoms with Crippen molar-refractivity contribution in [3.05, 3.63) is 41.6 Å². The number of likely N-dealkylation sites (N-methyl/N-ethyl adjacent to an activating group) is 1. The number of H-pyrrole nitrogens is 1. The molecule has 1 aromatic heterocycles. The van der Waals surface area contributed by atoms with Crippen molar-refractivity contribution in [2.24, 2.45) is 0 Å². The lowest BCUT2D eigenvalue weighted by molar-refractivity contribution is -0.137. The molecular weight excluding hydrogens is 395 g/mol. The summed E-state index contributed by atoms with van der Waals surface area (Å²) in [6.07, 6.45) is -2.72. The highest BCUT2D eigenvalue weighted by Crippen LogP contribution is 2.31. The topological polar surface area (TPSA) is 64.3 Å². The molecule has 2 heterocycles. The molecular formula is C18H23ClF3N5O. The van der Waals surface area contributed by atoms with Crippen LogP contribution in [0, 0.1) is 0 Å². The SMILES string of the molecule is CN(CC(=O)N1CCNCC1)Cc1cn[nH]c1-c1ccc(C(F)(F)F)cc1.Cl. The van der Waals surface area contributed by atoms with Crippen LogP contribution in [0.3, 0.4) is 0 Å². The van der Waals surface area contributed by atoms with Crippen LogP contribution < -0.4 is 5.32 Å². The van der Waals surface area contributed by atoms with E-state index in [9.17, 15) is 18.0 Å². The van der Waals surface area contributed by atoms with Crippen molar-refractivity contribution >= 4 is 18.3 Å². The Bertz CT molecular complexity index is 772. The van der Waals surface area contributed by atoms with E-state index in [0.29, 0.717) is 30.9 Å². The van der Waals surface area contributed by atoms with Crippen molar-refractivity contribution < 1.29 is 18.0 Å². The lowest BCUT2D eigenvalue weighted by Crippen LogP contribution is -2.49. The Hall–Kier alpha value is -2.10. The molecule has 28 heavy (non-hydrogen) atoms. The zero-order valence-corrected chi connectivity index (χ0v) is 16.2. The lowest BCUT2D eigenvalue weighted by Gasteiger charge is -2.29. The summed E-state index contributed by atoms with van der Waals surface area (Å²) in [5, 5.41) is 10.1. The Balaban J connectivity index is 0.00000280. The molecule has 2 N–H and O–H groups in total. The van der Waals surface area contributed by atoms with E-state index in [1.165, 1.54) is 12.1 Å². The number of carbonyl (C=O) groups is 1. The zero-order valence-electron chi connectivity index (χ0n) is 15.4. The molecule has 0 aliphatic carbocycles. The minimum atomic E-state index is -4.36. The van der Waals surface area contributed by atoms with Gasteiger partial charge in [-0.05, 0) is 24.7 Å². The number of alkyl halides is 3. The van der Waals surface area contributed by atoms with Gasteiger partial charge in [-0.25, -0.2) is 0 Å². The highest BCUT2D eigenvalue weighted by molar-refractivity contribution is 5.85. The van der Waals surface area contributed by atoms with Gasteiger partial charge < -0.3 is 10.2 Å². The third-order valence-electron chi connectivity index (χ3n) is 4.53. The molecule has 2 aromatic rings. The first-order valence-electron chi connectivity index (χ1n) is 8.71. The standard InChI is InChI=1S/C18H22F3N5O.ClH/c1-25(12-16(27)26-8-6-22-7-9-26)11-14-10-23-24-17(14)13-2-4-15(5-3-13)18(19,20)21;/h2-5,10,22H,6-9,11-12H2,1H3,(H,23,24);1H. The molecule has 1 aliphatic rings. The highest BCUT2D eigenvalue weighted by atomic mass is 35.5. The first-order chi connectivity index (χ1) is 12.8. The summed E-state index contributed by atoms with van der Waals surface area (Å²) in [6, 6.07) is 4.95. The van der Waals surface area contributed by atoms with Gasteiger partial charge in [-0.15, -0.1) is 12.4 Å². The molecule has 154 valence electrons. The van der Waals surface area contributed by atoms with E-state index < -0.39 is 11.7 Å². The van der Waals surface area contributed by atoms with E-state index >= 15 is 0 Å². The van der Waals surface area contributed by atoms with Gasteiger partial charge in [-0.3, -0.25) is 14.8 Å². The first-order valence-corrected chi connectivity index (χ1v) is 8.71. The number of aromatic amines is 1. The number of carbonyl (C=O) groups excluding carboxylic acids is 1. The van der Waals surface area contributed by atoms with Gasteiger partial charge in [0, 0.05) is 38.3 Å². The number of benzene rings is 1. The fourth-order valence-corrected chi connectivity index (χ4v) is 3.10. The summed E-state index contributed by atoms with van der Waals surface area (Å²) in [7, 11) is 1.84. The predicted octanol–water partition coefficient (Wildman–Crippen LogP) is 2.38. The summed E-state index contributed by atoms with van der Waals surface area (Å²) in [6.45, 7) is 3.75. The van der Waals surface area contributed by atoms with E-state index in [4.69, 9.17) is 0 Å². The average Bonchev–Trinajstić information content (AvgIpc) is 3.09. The molecule has 0 radical (unpaired) electrons. The monoisotopic (exact) mass is 417 g/mol. The molecule has 10 heteroatoms. The molecule has 0 unspecified atom stereocenters. The zero-order chi connectivity index (χ0) is 19.4. The minimum absolute atomic E-state index is 0. The normalized spacial score (nSPS) is 14.8. The molecule has 0 saturated carbocycles. The number of aromatic nitrogens is 2. The summed E-state index contributed by atoms with van der Waals surface area (Å²) in [4.78, 5) is 16.1. The van der Waals surface area contributed by atoms with Crippen LogP contribution in [0.5, 0.6) is 0 Å². The Morgan fingerprint density at radius 1 is 1.21 bits per heavy atom. The van der Waals surface area contributed by atoms with Crippen LogP contribution in [0.15, 0.2) is 30.5 Å². The molecule has 1 aromatic carbocycles. The fraction of sp³-hybridized carbons (Fsp3) is 0.444. The van der Waals surface area contributed by atoms with Crippen molar-refractivity contribution in [3.63, 3.8) is 0 Å². The van der Waals surface area contributed by atoms with E-state index in [0.717, 1.165) is 30.8 Å². The second-order valence-corrected chi connectivity index (χ2v) is 6.65. The van der Waals surface area contributed by atoms with Crippen LogP contribution in [0.1, 0.15) is 11.1 Å². The third-order valence-corrected chi connectivity index (χ3v) is 4.53. The second-order valence-electron chi connectivity index (χ2n) is 6.65. The van der Waals surface area contributed by atoms with Gasteiger partial charge in [0.15, 0.2) is 0 Å². The molecule has 1 saturated heterocycles. The van der Waals surface area contributed by atoms with Gasteiger partial charge in [0.1, 0.15) is 0 Å². The maximum atomic E-state index is 12.7. The number of rotatable bonds is 5. The predicted molar refractivity (Wildman–Crippen MR) is 102 cm³/mol. The van der Waals surface area contributed by atoms with Crippen molar-refractivity contribution in [1.82, 2.24) is 25.3 Å². The van der Waals surface area contributed by atoms with Crippen LogP contribution in [0.4, 0.5) is 13.2 Å². The molecule has 1 aliphatic heterocycles. The van der Waals surface area contributed by atoms with Crippen LogP contribution in [0.2, 0.25) is 0 Å². The number of halogens is 4. The fourth-order valence-electron chi connectivity index (χ4n) is 3.10. The number of amides is 1. The molecule has 6 nitrogen and oxygen atoms in total. The Labute approximate surface area is 167 Å². The molecule has 1 amide bonds.